The smallest absolute Gasteiger partial charge is 0.185 e. The molecule has 0 radical (unpaired) electrons. The molecule has 3 aromatic rings. The first-order chi connectivity index (χ1) is 18.0. The van der Waals surface area contributed by atoms with E-state index in [1.165, 1.54) is 0 Å². The van der Waals surface area contributed by atoms with E-state index in [1.54, 1.807) is 24.3 Å². The van der Waals surface area contributed by atoms with Gasteiger partial charge in [-0.05, 0) is 0 Å². The van der Waals surface area contributed by atoms with E-state index in [2.05, 4.69) is 10.6 Å². The summed E-state index contributed by atoms with van der Waals surface area (Å²) in [4.78, 5) is 1.78. The number of nitrogens with one attached hydrogen (secondary N) is 2. The lowest BCUT2D eigenvalue weighted by Crippen LogP contribution is -2.17. The van der Waals surface area contributed by atoms with Gasteiger partial charge in [-0.15, -0.1) is 0 Å². The number of hydrogen-bond donors (Lipinski definition) is 2. The van der Waals surface area contributed by atoms with Gasteiger partial charge in [0.2, 0.25) is 0 Å². The molecule has 5 rings (SSSR count). The molecule has 0 aromatic heterocycles. The quantitative estimate of drug-likeness (QED) is 0.238. The zero-order valence-electron chi connectivity index (χ0n) is 19.0. The lowest BCUT2D eigenvalue weighted by atomic mass is 9.96. The molecule has 0 saturated carbocycles. The molecule has 38 heavy (non-hydrogen) atoms. The average molecular weight is 522 g/mol. The number of hydrogen-bond acceptors (Lipinski definition) is 8. The van der Waals surface area contributed by atoms with Crippen LogP contribution in [0.15, 0.2) is 22.8 Å². The molecule has 2 aliphatic rings. The summed E-state index contributed by atoms with van der Waals surface area (Å²) in [5.74, 6) is -11.3. The van der Waals surface area contributed by atoms with Gasteiger partial charge < -0.3 is 20.4 Å². The van der Waals surface area contributed by atoms with Crippen LogP contribution in [0, 0.1) is 80.2 Å². The van der Waals surface area contributed by atoms with Crippen LogP contribution in [0.5, 0.6) is 0 Å². The topological polar surface area (TPSA) is 126 Å². The van der Waals surface area contributed by atoms with Gasteiger partial charge >= 0.3 is 0 Å². The van der Waals surface area contributed by atoms with E-state index in [0.717, 1.165) is 23.9 Å². The Bertz CT molecular complexity index is 1880. The van der Waals surface area contributed by atoms with Crippen molar-refractivity contribution in [2.24, 2.45) is 0 Å². The van der Waals surface area contributed by atoms with Crippen LogP contribution in [0.25, 0.3) is 21.5 Å². The SMILES string of the molecule is CN1C(=C(C#N)C#N)Nc2c1c(F)c(F)c1c(F)c3c(F)c(F)c4c(c3c(F)c21)N(C)C(=C(C#N)C#N)N4. The van der Waals surface area contributed by atoms with Crippen LogP contribution in [0.2, 0.25) is 0 Å². The van der Waals surface area contributed by atoms with Gasteiger partial charge in [-0.1, -0.05) is 0 Å². The molecule has 0 amide bonds. The molecule has 0 atom stereocenters. The van der Waals surface area contributed by atoms with Crippen LogP contribution in [0.1, 0.15) is 0 Å². The summed E-state index contributed by atoms with van der Waals surface area (Å²) < 4.78 is 92.6. The lowest BCUT2D eigenvalue weighted by Gasteiger charge is -2.19. The molecule has 14 heteroatoms. The fourth-order valence-corrected chi connectivity index (χ4v) is 4.69. The van der Waals surface area contributed by atoms with Gasteiger partial charge in [0, 0.05) is 14.1 Å². The molecular formula is C24H8F6N8. The van der Waals surface area contributed by atoms with E-state index in [9.17, 15) is 21.0 Å². The molecule has 2 heterocycles. The van der Waals surface area contributed by atoms with E-state index in [-0.39, 0.29) is 11.6 Å². The van der Waals surface area contributed by atoms with Crippen molar-refractivity contribution in [2.75, 3.05) is 34.5 Å². The zero-order valence-corrected chi connectivity index (χ0v) is 19.0. The summed E-state index contributed by atoms with van der Waals surface area (Å²) in [5, 5.41) is 37.1. The van der Waals surface area contributed by atoms with Crippen molar-refractivity contribution >= 4 is 44.3 Å². The molecule has 0 fully saturated rings. The van der Waals surface area contributed by atoms with Crippen molar-refractivity contribution in [3.8, 4) is 24.3 Å². The number of benzene rings is 3. The number of anilines is 4. The lowest BCUT2D eigenvalue weighted by molar-refractivity contribution is 0.507. The Labute approximate surface area is 208 Å². The second-order valence-corrected chi connectivity index (χ2v) is 8.09. The minimum absolute atomic E-state index is 0.358. The van der Waals surface area contributed by atoms with E-state index in [1.807, 2.05) is 0 Å². The van der Waals surface area contributed by atoms with Gasteiger partial charge in [-0.3, -0.25) is 0 Å². The van der Waals surface area contributed by atoms with E-state index >= 15 is 26.3 Å². The summed E-state index contributed by atoms with van der Waals surface area (Å²) in [6, 6.07) is 6.17. The van der Waals surface area contributed by atoms with Crippen molar-refractivity contribution in [2.45, 2.75) is 0 Å². The molecular weight excluding hydrogens is 514 g/mol. The fourth-order valence-electron chi connectivity index (χ4n) is 4.69. The predicted molar refractivity (Wildman–Crippen MR) is 122 cm³/mol. The molecule has 2 N–H and O–H groups in total. The first-order valence-corrected chi connectivity index (χ1v) is 10.3. The Kier molecular flexibility index (Phi) is 5.05. The highest BCUT2D eigenvalue weighted by molar-refractivity contribution is 6.16. The second-order valence-electron chi connectivity index (χ2n) is 8.09. The third-order valence-corrected chi connectivity index (χ3v) is 6.34. The predicted octanol–water partition coefficient (Wildman–Crippen LogP) is 5.07. The largest absolute Gasteiger partial charge is 0.338 e. The first-order valence-electron chi connectivity index (χ1n) is 10.3. The van der Waals surface area contributed by atoms with Crippen LogP contribution in [0.3, 0.4) is 0 Å². The zero-order chi connectivity index (χ0) is 27.8. The van der Waals surface area contributed by atoms with Crippen LogP contribution < -0.4 is 20.4 Å². The average Bonchev–Trinajstić information content (AvgIpc) is 3.41. The van der Waals surface area contributed by atoms with Crippen LogP contribution >= 0.6 is 0 Å². The van der Waals surface area contributed by atoms with E-state index < -0.39 is 90.3 Å². The second kappa shape index (κ2) is 7.95. The molecule has 0 unspecified atom stereocenters. The third-order valence-electron chi connectivity index (χ3n) is 6.34. The van der Waals surface area contributed by atoms with Crippen molar-refractivity contribution < 1.29 is 26.3 Å². The summed E-state index contributed by atoms with van der Waals surface area (Å²) in [7, 11) is 2.30. The number of rotatable bonds is 0. The van der Waals surface area contributed by atoms with Gasteiger partial charge in [0.1, 0.15) is 58.9 Å². The highest BCUT2D eigenvalue weighted by Gasteiger charge is 2.39. The van der Waals surface area contributed by atoms with Crippen molar-refractivity contribution in [3.63, 3.8) is 0 Å². The van der Waals surface area contributed by atoms with Gasteiger partial charge in [0.15, 0.2) is 34.4 Å². The number of allylic oxidation sites excluding steroid dienone is 2. The summed E-state index contributed by atoms with van der Waals surface area (Å²) >= 11 is 0. The maximum absolute atomic E-state index is 16.3. The summed E-state index contributed by atoms with van der Waals surface area (Å²) in [6.45, 7) is 0. The van der Waals surface area contributed by atoms with Gasteiger partial charge in [-0.25, -0.2) is 26.3 Å². The molecule has 3 aromatic carbocycles. The molecule has 0 aliphatic carbocycles. The molecule has 186 valence electrons. The number of nitriles is 4. The van der Waals surface area contributed by atoms with Crippen molar-refractivity contribution in [1.29, 1.82) is 21.0 Å². The van der Waals surface area contributed by atoms with Gasteiger partial charge in [0.05, 0.1) is 32.9 Å². The van der Waals surface area contributed by atoms with Crippen LogP contribution in [-0.4, -0.2) is 14.1 Å². The molecule has 0 spiro atoms. The normalized spacial score (nSPS) is 13.4. The molecule has 0 bridgehead atoms. The van der Waals surface area contributed by atoms with Crippen molar-refractivity contribution in [3.05, 3.63) is 57.7 Å². The minimum Gasteiger partial charge on any atom is -0.338 e. The Hall–Kier alpha value is -5.60. The van der Waals surface area contributed by atoms with E-state index in [4.69, 9.17) is 0 Å². The third kappa shape index (κ3) is 2.71. The Balaban J connectivity index is 2.03. The number of nitrogens with zero attached hydrogens (tertiary/aromatic N) is 6. The maximum Gasteiger partial charge on any atom is 0.185 e. The maximum atomic E-state index is 16.3. The van der Waals surface area contributed by atoms with Crippen molar-refractivity contribution in [1.82, 2.24) is 0 Å². The van der Waals surface area contributed by atoms with Gasteiger partial charge in [0.25, 0.3) is 0 Å². The summed E-state index contributed by atoms with van der Waals surface area (Å²) in [5.41, 5.74) is -3.68. The van der Waals surface area contributed by atoms with Gasteiger partial charge in [-0.2, -0.15) is 21.0 Å². The molecule has 8 nitrogen and oxygen atoms in total. The first kappa shape index (κ1) is 24.1. The van der Waals surface area contributed by atoms with Crippen LogP contribution in [0.4, 0.5) is 49.1 Å². The fraction of sp³-hybridized carbons (Fsp3) is 0.0833. The molecule has 2 aliphatic heterocycles. The summed E-state index contributed by atoms with van der Waals surface area (Å²) in [6.07, 6.45) is 0. The highest BCUT2D eigenvalue weighted by atomic mass is 19.2. The Morgan fingerprint density at radius 1 is 0.526 bits per heavy atom. The monoisotopic (exact) mass is 522 g/mol. The number of fused-ring (bicyclic) bond motifs is 6. The molecule has 0 saturated heterocycles. The van der Waals surface area contributed by atoms with E-state index in [0.29, 0.717) is 0 Å². The number of halogens is 6. The minimum atomic E-state index is -1.93. The Morgan fingerprint density at radius 3 is 1.47 bits per heavy atom. The standard InChI is InChI=1S/C24H8F6N8/c1-37-21-12-10(15(27)17(29)20(21)36-24(37)8(5-33)6-34)13(25)9-11(14(12)26)19-22(18(30)16(9)28)38(2)23(35-19)7(3-31)4-32/h35-36H,1-2H3. The van der Waals surface area contributed by atoms with Crippen LogP contribution in [-0.2, 0) is 0 Å². The highest BCUT2D eigenvalue weighted by Crippen LogP contribution is 2.52. The Morgan fingerprint density at radius 2 is 0.947 bits per heavy atom.